The SMILES string of the molecule is CCCOc1ccc(N2C(=O)NC(=O)/C(=C/c3ccccc3OCC(=O)Nc3ccc(F)cc3)C2=O)cc1OC. The van der Waals surface area contributed by atoms with E-state index in [4.69, 9.17) is 14.2 Å². The van der Waals surface area contributed by atoms with Gasteiger partial charge in [0.15, 0.2) is 18.1 Å². The second-order valence-electron chi connectivity index (χ2n) is 8.52. The fourth-order valence-corrected chi connectivity index (χ4v) is 3.78. The summed E-state index contributed by atoms with van der Waals surface area (Å²) in [5, 5.41) is 4.75. The molecular formula is C29H26FN3O7. The van der Waals surface area contributed by atoms with Gasteiger partial charge in [-0.25, -0.2) is 14.1 Å². The summed E-state index contributed by atoms with van der Waals surface area (Å²) in [4.78, 5) is 51.9. The van der Waals surface area contributed by atoms with Crippen LogP contribution in [0.2, 0.25) is 0 Å². The third-order valence-electron chi connectivity index (χ3n) is 5.67. The summed E-state index contributed by atoms with van der Waals surface area (Å²) in [7, 11) is 1.43. The lowest BCUT2D eigenvalue weighted by Crippen LogP contribution is -2.54. The molecule has 1 aliphatic rings. The number of amides is 5. The second-order valence-corrected chi connectivity index (χ2v) is 8.52. The lowest BCUT2D eigenvalue weighted by atomic mass is 10.1. The van der Waals surface area contributed by atoms with Gasteiger partial charge < -0.3 is 19.5 Å². The molecule has 1 heterocycles. The van der Waals surface area contributed by atoms with Gasteiger partial charge in [0, 0.05) is 17.3 Å². The molecule has 3 aromatic rings. The first-order valence-corrected chi connectivity index (χ1v) is 12.3. The number of benzene rings is 3. The first-order valence-electron chi connectivity index (χ1n) is 12.3. The Morgan fingerprint density at radius 2 is 1.73 bits per heavy atom. The average molecular weight is 548 g/mol. The Bertz CT molecular complexity index is 1470. The van der Waals surface area contributed by atoms with Crippen LogP contribution in [0.1, 0.15) is 18.9 Å². The van der Waals surface area contributed by atoms with Crippen LogP contribution >= 0.6 is 0 Å². The number of nitrogens with zero attached hydrogens (tertiary/aromatic N) is 1. The van der Waals surface area contributed by atoms with Crippen LogP contribution in [0.3, 0.4) is 0 Å². The van der Waals surface area contributed by atoms with Crippen LogP contribution in [0, 0.1) is 5.82 Å². The van der Waals surface area contributed by atoms with Gasteiger partial charge in [-0.15, -0.1) is 0 Å². The minimum Gasteiger partial charge on any atom is -0.493 e. The zero-order valence-electron chi connectivity index (χ0n) is 21.7. The number of hydrogen-bond donors (Lipinski definition) is 2. The number of ether oxygens (including phenoxy) is 3. The summed E-state index contributed by atoms with van der Waals surface area (Å²) in [5.74, 6) is -1.71. The van der Waals surface area contributed by atoms with Gasteiger partial charge in [0.05, 0.1) is 19.4 Å². The summed E-state index contributed by atoms with van der Waals surface area (Å²) in [6, 6.07) is 15.3. The molecule has 0 unspecified atom stereocenters. The number of halogens is 1. The molecule has 1 aliphatic heterocycles. The number of para-hydroxylation sites is 1. The Hall–Kier alpha value is -5.19. The molecule has 0 saturated carbocycles. The molecule has 5 amide bonds. The molecule has 11 heteroatoms. The Kier molecular flexibility index (Phi) is 8.75. The number of barbiturate groups is 1. The Balaban J connectivity index is 1.55. The number of anilines is 2. The highest BCUT2D eigenvalue weighted by Gasteiger charge is 2.37. The van der Waals surface area contributed by atoms with Gasteiger partial charge in [0.2, 0.25) is 0 Å². The van der Waals surface area contributed by atoms with E-state index in [9.17, 15) is 23.6 Å². The highest BCUT2D eigenvalue weighted by Crippen LogP contribution is 2.33. The monoisotopic (exact) mass is 547 g/mol. The molecule has 0 bridgehead atoms. The number of urea groups is 1. The van der Waals surface area contributed by atoms with Crippen molar-refractivity contribution in [1.29, 1.82) is 0 Å². The van der Waals surface area contributed by atoms with Crippen LogP contribution in [0.25, 0.3) is 6.08 Å². The average Bonchev–Trinajstić information content (AvgIpc) is 2.95. The summed E-state index contributed by atoms with van der Waals surface area (Å²) in [6.45, 7) is 2.01. The first-order chi connectivity index (χ1) is 19.3. The lowest BCUT2D eigenvalue weighted by molar-refractivity contribution is -0.122. The van der Waals surface area contributed by atoms with Crippen molar-refractivity contribution in [1.82, 2.24) is 5.32 Å². The fourth-order valence-electron chi connectivity index (χ4n) is 3.78. The second kappa shape index (κ2) is 12.6. The van der Waals surface area contributed by atoms with E-state index >= 15 is 0 Å². The summed E-state index contributed by atoms with van der Waals surface area (Å²) >= 11 is 0. The van der Waals surface area contributed by atoms with Crippen LogP contribution in [0.15, 0.2) is 72.3 Å². The summed E-state index contributed by atoms with van der Waals surface area (Å²) in [5.41, 5.74) is 0.562. The molecule has 0 aromatic heterocycles. The predicted octanol–water partition coefficient (Wildman–Crippen LogP) is 4.31. The van der Waals surface area contributed by atoms with Crippen LogP contribution in [0.4, 0.5) is 20.6 Å². The summed E-state index contributed by atoms with van der Waals surface area (Å²) < 4.78 is 29.7. The van der Waals surface area contributed by atoms with Crippen LogP contribution in [0.5, 0.6) is 17.2 Å². The first kappa shape index (κ1) is 27.8. The third-order valence-corrected chi connectivity index (χ3v) is 5.67. The minimum atomic E-state index is -0.918. The number of nitrogens with one attached hydrogen (secondary N) is 2. The standard InChI is InChI=1S/C29H26FN3O7/c1-3-14-39-24-13-12-21(16-25(24)38-2)33-28(36)22(27(35)32-29(33)37)15-18-6-4-5-7-23(18)40-17-26(34)31-20-10-8-19(30)9-11-20/h4-13,15-16H,3,14,17H2,1-2H3,(H,31,34)(H,32,35,37)/b22-15-. The molecule has 3 aromatic carbocycles. The van der Waals surface area contributed by atoms with Gasteiger partial charge in [-0.1, -0.05) is 25.1 Å². The molecule has 0 atom stereocenters. The van der Waals surface area contributed by atoms with Crippen molar-refractivity contribution in [3.05, 3.63) is 83.7 Å². The zero-order valence-corrected chi connectivity index (χ0v) is 21.7. The Morgan fingerprint density at radius 1 is 0.975 bits per heavy atom. The largest absolute Gasteiger partial charge is 0.493 e. The van der Waals surface area contributed by atoms with E-state index in [-0.39, 0.29) is 17.0 Å². The van der Waals surface area contributed by atoms with Crippen molar-refractivity contribution in [2.45, 2.75) is 13.3 Å². The molecule has 1 fully saturated rings. The molecule has 2 N–H and O–H groups in total. The van der Waals surface area contributed by atoms with E-state index in [0.717, 1.165) is 11.3 Å². The van der Waals surface area contributed by atoms with Crippen LogP contribution < -0.4 is 29.7 Å². The molecule has 4 rings (SSSR count). The van der Waals surface area contributed by atoms with E-state index in [1.54, 1.807) is 30.3 Å². The fraction of sp³-hybridized carbons (Fsp3) is 0.172. The van der Waals surface area contributed by atoms with Gasteiger partial charge in [-0.2, -0.15) is 0 Å². The Morgan fingerprint density at radius 3 is 2.45 bits per heavy atom. The van der Waals surface area contributed by atoms with Crippen molar-refractivity contribution < 1.29 is 37.8 Å². The van der Waals surface area contributed by atoms with Crippen molar-refractivity contribution in [2.24, 2.45) is 0 Å². The molecule has 1 saturated heterocycles. The predicted molar refractivity (Wildman–Crippen MR) is 145 cm³/mol. The van der Waals surface area contributed by atoms with E-state index in [1.807, 2.05) is 6.92 Å². The van der Waals surface area contributed by atoms with Crippen molar-refractivity contribution >= 4 is 41.2 Å². The third kappa shape index (κ3) is 6.44. The minimum absolute atomic E-state index is 0.170. The van der Waals surface area contributed by atoms with Gasteiger partial charge >= 0.3 is 6.03 Å². The number of carbonyl (C=O) groups is 4. The smallest absolute Gasteiger partial charge is 0.335 e. The van der Waals surface area contributed by atoms with Crippen LogP contribution in [-0.2, 0) is 14.4 Å². The molecule has 40 heavy (non-hydrogen) atoms. The molecular weight excluding hydrogens is 521 g/mol. The van der Waals surface area contributed by atoms with E-state index in [2.05, 4.69) is 10.6 Å². The number of carbonyl (C=O) groups excluding carboxylic acids is 4. The molecule has 0 aliphatic carbocycles. The van der Waals surface area contributed by atoms with Gasteiger partial charge in [0.1, 0.15) is 17.1 Å². The number of imide groups is 2. The topological polar surface area (TPSA) is 123 Å². The normalized spacial score (nSPS) is 14.1. The highest BCUT2D eigenvalue weighted by atomic mass is 19.1. The van der Waals surface area contributed by atoms with E-state index in [1.165, 1.54) is 49.6 Å². The lowest BCUT2D eigenvalue weighted by Gasteiger charge is -2.27. The van der Waals surface area contributed by atoms with E-state index < -0.39 is 36.2 Å². The van der Waals surface area contributed by atoms with Crippen molar-refractivity contribution in [2.75, 3.05) is 30.5 Å². The summed E-state index contributed by atoms with van der Waals surface area (Å²) in [6.07, 6.45) is 2.05. The zero-order chi connectivity index (χ0) is 28.6. The van der Waals surface area contributed by atoms with Crippen molar-refractivity contribution in [3.63, 3.8) is 0 Å². The van der Waals surface area contributed by atoms with Crippen molar-refractivity contribution in [3.8, 4) is 17.2 Å². The number of rotatable bonds is 10. The van der Waals surface area contributed by atoms with Gasteiger partial charge in [-0.05, 0) is 55.0 Å². The number of methoxy groups -OCH3 is 1. The quantitative estimate of drug-likeness (QED) is 0.286. The number of hydrogen-bond acceptors (Lipinski definition) is 7. The highest BCUT2D eigenvalue weighted by molar-refractivity contribution is 6.39. The maximum absolute atomic E-state index is 13.4. The maximum Gasteiger partial charge on any atom is 0.335 e. The van der Waals surface area contributed by atoms with Gasteiger partial charge in [0.25, 0.3) is 17.7 Å². The molecule has 10 nitrogen and oxygen atoms in total. The van der Waals surface area contributed by atoms with Gasteiger partial charge in [-0.3, -0.25) is 19.7 Å². The Labute approximate surface area is 229 Å². The van der Waals surface area contributed by atoms with E-state index in [0.29, 0.717) is 29.4 Å². The van der Waals surface area contributed by atoms with Crippen LogP contribution in [-0.4, -0.2) is 44.1 Å². The maximum atomic E-state index is 13.4. The molecule has 206 valence electrons. The molecule has 0 radical (unpaired) electrons. The molecule has 0 spiro atoms.